The van der Waals surface area contributed by atoms with E-state index in [1.807, 2.05) is 6.92 Å². The van der Waals surface area contributed by atoms with Crippen molar-refractivity contribution in [2.45, 2.75) is 26.4 Å². The van der Waals surface area contributed by atoms with Gasteiger partial charge in [-0.25, -0.2) is 10.2 Å². The Hall–Kier alpha value is -4.86. The molecule has 1 amide bonds. The maximum atomic E-state index is 13.0. The molecule has 0 aliphatic rings. The lowest BCUT2D eigenvalue weighted by Crippen LogP contribution is -2.27. The molecule has 0 heterocycles. The highest BCUT2D eigenvalue weighted by Gasteiger charge is 2.22. The second-order valence-corrected chi connectivity index (χ2v) is 8.09. The van der Waals surface area contributed by atoms with Crippen LogP contribution in [0.3, 0.4) is 0 Å². The smallest absolute Gasteiger partial charge is 0.355 e. The van der Waals surface area contributed by atoms with Crippen LogP contribution in [-0.4, -0.2) is 35.4 Å². The number of aryl methyl sites for hydroxylation is 1. The van der Waals surface area contributed by atoms with Gasteiger partial charge in [-0.05, 0) is 43.7 Å². The monoisotopic (exact) mass is 503 g/mol. The van der Waals surface area contributed by atoms with Gasteiger partial charge in [-0.2, -0.15) is 5.10 Å². The van der Waals surface area contributed by atoms with E-state index in [1.165, 1.54) is 31.4 Å². The molecule has 1 atom stereocenters. The molecule has 10 nitrogen and oxygen atoms in total. The first-order valence-electron chi connectivity index (χ1n) is 11.2. The molecule has 37 heavy (non-hydrogen) atoms. The van der Waals surface area contributed by atoms with Crippen LogP contribution >= 0.6 is 0 Å². The van der Waals surface area contributed by atoms with E-state index in [9.17, 15) is 24.5 Å². The summed E-state index contributed by atoms with van der Waals surface area (Å²) >= 11 is 0. The van der Waals surface area contributed by atoms with E-state index in [0.29, 0.717) is 16.9 Å². The Bertz CT molecular complexity index is 1320. The van der Waals surface area contributed by atoms with Crippen LogP contribution in [0.15, 0.2) is 77.9 Å². The number of nitro groups is 1. The molecule has 0 radical (unpaired) electrons. The summed E-state index contributed by atoms with van der Waals surface area (Å²) in [6, 6.07) is 18.6. The molecule has 3 aromatic carbocycles. The minimum atomic E-state index is -0.882. The van der Waals surface area contributed by atoms with Crippen molar-refractivity contribution in [3.8, 4) is 5.75 Å². The molecule has 0 aromatic heterocycles. The Kier molecular flexibility index (Phi) is 8.82. The quantitative estimate of drug-likeness (QED) is 0.141. The number of ether oxygens (including phenoxy) is 2. The van der Waals surface area contributed by atoms with E-state index < -0.39 is 35.1 Å². The van der Waals surface area contributed by atoms with Gasteiger partial charge >= 0.3 is 5.97 Å². The van der Waals surface area contributed by atoms with Crippen molar-refractivity contribution >= 4 is 29.1 Å². The summed E-state index contributed by atoms with van der Waals surface area (Å²) in [7, 11) is 1.54. The van der Waals surface area contributed by atoms with Crippen molar-refractivity contribution < 1.29 is 28.8 Å². The zero-order chi connectivity index (χ0) is 26.9. The molecule has 0 aliphatic carbocycles. The Balaban J connectivity index is 1.80. The summed E-state index contributed by atoms with van der Waals surface area (Å²) in [4.78, 5) is 48.6. The van der Waals surface area contributed by atoms with Crippen molar-refractivity contribution in [2.75, 3.05) is 7.11 Å². The predicted molar refractivity (Wildman–Crippen MR) is 136 cm³/mol. The molecule has 1 N–H and O–H groups in total. The molecule has 0 fully saturated rings. The van der Waals surface area contributed by atoms with Crippen molar-refractivity contribution in [1.29, 1.82) is 0 Å². The van der Waals surface area contributed by atoms with Gasteiger partial charge in [0.15, 0.2) is 11.5 Å². The number of ketones is 1. The molecule has 0 spiro atoms. The van der Waals surface area contributed by atoms with Crippen LogP contribution in [0.1, 0.15) is 51.3 Å². The number of Topliss-reactive ketones (excluding diaryl/α,β-unsaturated/α-hetero) is 1. The summed E-state index contributed by atoms with van der Waals surface area (Å²) in [5, 5.41) is 14.7. The lowest BCUT2D eigenvalue weighted by atomic mass is 10.0. The summed E-state index contributed by atoms with van der Waals surface area (Å²) < 4.78 is 10.7. The van der Waals surface area contributed by atoms with Crippen LogP contribution in [-0.2, 0) is 9.53 Å². The third kappa shape index (κ3) is 7.31. The van der Waals surface area contributed by atoms with Crippen molar-refractivity contribution in [1.82, 2.24) is 5.43 Å². The van der Waals surface area contributed by atoms with E-state index in [-0.39, 0.29) is 17.0 Å². The number of hydrogen-bond acceptors (Lipinski definition) is 8. The molecule has 0 saturated carbocycles. The SMILES string of the molecule is COc1ccc(C(C)OC(=O)C(CC(=O)c2ccc(C)cc2)=NNC(=O)c2ccc([N+](=O)[O-])cc2)cc1. The Labute approximate surface area is 213 Å². The van der Waals surface area contributed by atoms with Crippen LogP contribution < -0.4 is 10.2 Å². The molecule has 0 saturated heterocycles. The third-order valence-electron chi connectivity index (χ3n) is 5.44. The molecular formula is C27H25N3O7. The van der Waals surface area contributed by atoms with Gasteiger partial charge in [-0.15, -0.1) is 0 Å². The number of benzene rings is 3. The number of amides is 1. The number of methoxy groups -OCH3 is 1. The second kappa shape index (κ2) is 12.2. The first kappa shape index (κ1) is 26.7. The summed E-state index contributed by atoms with van der Waals surface area (Å²) in [5.41, 5.74) is 3.86. The second-order valence-electron chi connectivity index (χ2n) is 8.09. The highest BCUT2D eigenvalue weighted by atomic mass is 16.6. The fourth-order valence-electron chi connectivity index (χ4n) is 3.24. The summed E-state index contributed by atoms with van der Waals surface area (Å²) in [5.74, 6) is -1.35. The number of non-ortho nitro benzene ring substituents is 1. The maximum Gasteiger partial charge on any atom is 0.355 e. The minimum absolute atomic E-state index is 0.0820. The average molecular weight is 504 g/mol. The van der Waals surface area contributed by atoms with Gasteiger partial charge < -0.3 is 9.47 Å². The number of carbonyl (C=O) groups excluding carboxylic acids is 3. The molecule has 0 aliphatic heterocycles. The lowest BCUT2D eigenvalue weighted by molar-refractivity contribution is -0.384. The minimum Gasteiger partial charge on any atom is -0.497 e. The van der Waals surface area contributed by atoms with Crippen LogP contribution in [0.4, 0.5) is 5.69 Å². The van der Waals surface area contributed by atoms with Crippen LogP contribution in [0.25, 0.3) is 0 Å². The van der Waals surface area contributed by atoms with E-state index in [0.717, 1.165) is 5.56 Å². The van der Waals surface area contributed by atoms with E-state index in [1.54, 1.807) is 55.5 Å². The van der Waals surface area contributed by atoms with Gasteiger partial charge in [-0.1, -0.05) is 42.0 Å². The van der Waals surface area contributed by atoms with Crippen molar-refractivity contribution in [3.05, 3.63) is 105 Å². The van der Waals surface area contributed by atoms with Crippen molar-refractivity contribution in [2.24, 2.45) is 5.10 Å². The van der Waals surface area contributed by atoms with E-state index in [2.05, 4.69) is 10.5 Å². The molecule has 3 rings (SSSR count). The van der Waals surface area contributed by atoms with Gasteiger partial charge in [0.2, 0.25) is 0 Å². The Morgan fingerprint density at radius 1 is 0.946 bits per heavy atom. The fourth-order valence-corrected chi connectivity index (χ4v) is 3.24. The van der Waals surface area contributed by atoms with E-state index >= 15 is 0 Å². The van der Waals surface area contributed by atoms with Gasteiger partial charge in [0.05, 0.1) is 18.5 Å². The maximum absolute atomic E-state index is 13.0. The highest BCUT2D eigenvalue weighted by Crippen LogP contribution is 2.21. The zero-order valence-corrected chi connectivity index (χ0v) is 20.5. The molecule has 0 bridgehead atoms. The first-order valence-corrected chi connectivity index (χ1v) is 11.2. The van der Waals surface area contributed by atoms with Gasteiger partial charge in [0.25, 0.3) is 11.6 Å². The number of hydrogen-bond donors (Lipinski definition) is 1. The molecule has 3 aromatic rings. The molecular weight excluding hydrogens is 478 g/mol. The Morgan fingerprint density at radius 2 is 1.54 bits per heavy atom. The Morgan fingerprint density at radius 3 is 2.11 bits per heavy atom. The highest BCUT2D eigenvalue weighted by molar-refractivity contribution is 6.40. The molecule has 190 valence electrons. The fraction of sp³-hybridized carbons (Fsp3) is 0.185. The number of nitro benzene ring substituents is 1. The number of carbonyl (C=O) groups is 3. The van der Waals surface area contributed by atoms with Gasteiger partial charge in [0, 0.05) is 23.3 Å². The van der Waals surface area contributed by atoms with Crippen LogP contribution in [0, 0.1) is 17.0 Å². The van der Waals surface area contributed by atoms with Gasteiger partial charge in [0.1, 0.15) is 11.9 Å². The zero-order valence-electron chi connectivity index (χ0n) is 20.5. The first-order chi connectivity index (χ1) is 17.7. The molecule has 1 unspecified atom stereocenters. The average Bonchev–Trinajstić information content (AvgIpc) is 2.91. The van der Waals surface area contributed by atoms with Crippen molar-refractivity contribution in [3.63, 3.8) is 0 Å². The van der Waals surface area contributed by atoms with Crippen LogP contribution in [0.2, 0.25) is 0 Å². The van der Waals surface area contributed by atoms with E-state index in [4.69, 9.17) is 9.47 Å². The lowest BCUT2D eigenvalue weighted by Gasteiger charge is -2.15. The number of nitrogens with zero attached hydrogens (tertiary/aromatic N) is 2. The predicted octanol–water partition coefficient (Wildman–Crippen LogP) is 4.58. The molecule has 10 heteroatoms. The normalized spacial score (nSPS) is 11.8. The largest absolute Gasteiger partial charge is 0.497 e. The third-order valence-corrected chi connectivity index (χ3v) is 5.44. The van der Waals surface area contributed by atoms with Gasteiger partial charge in [-0.3, -0.25) is 19.7 Å². The number of esters is 1. The number of nitrogens with one attached hydrogen (secondary N) is 1. The topological polar surface area (TPSA) is 137 Å². The summed E-state index contributed by atoms with van der Waals surface area (Å²) in [6.07, 6.45) is -1.10. The summed E-state index contributed by atoms with van der Waals surface area (Å²) in [6.45, 7) is 3.54. The standard InChI is InChI=1S/C27H25N3O7/c1-17-4-6-20(7-5-17)25(31)16-24(27(33)37-18(2)19-10-14-23(36-3)15-11-19)28-29-26(32)21-8-12-22(13-9-21)30(34)35/h4-15,18H,16H2,1-3H3,(H,29,32). The number of rotatable bonds is 10. The number of hydrazone groups is 1. The van der Waals surface area contributed by atoms with Crippen LogP contribution in [0.5, 0.6) is 5.75 Å².